The normalized spacial score (nSPS) is 17.1. The molecule has 1 fully saturated rings. The van der Waals surface area contributed by atoms with E-state index in [0.717, 1.165) is 11.4 Å². The topological polar surface area (TPSA) is 76.8 Å². The van der Waals surface area contributed by atoms with Crippen LogP contribution < -0.4 is 15.0 Å². The fourth-order valence-electron chi connectivity index (χ4n) is 4.37. The minimum atomic E-state index is -0.437. The number of carbonyl (C=O) groups is 1. The molecule has 9 heteroatoms. The summed E-state index contributed by atoms with van der Waals surface area (Å²) in [5.41, 5.74) is 2.63. The maximum absolute atomic E-state index is 12.3. The van der Waals surface area contributed by atoms with Crippen molar-refractivity contribution in [3.05, 3.63) is 101 Å². The number of esters is 1. The van der Waals surface area contributed by atoms with Gasteiger partial charge in [0.1, 0.15) is 23.3 Å². The minimum Gasteiger partial charge on any atom is -0.495 e. The third-order valence-corrected chi connectivity index (χ3v) is 6.64. The molecular formula is C27H22ClN3O4S. The van der Waals surface area contributed by atoms with Gasteiger partial charge in [0.2, 0.25) is 0 Å². The van der Waals surface area contributed by atoms with Gasteiger partial charge in [-0.1, -0.05) is 35.9 Å². The van der Waals surface area contributed by atoms with Gasteiger partial charge in [-0.15, -0.1) is 0 Å². The summed E-state index contributed by atoms with van der Waals surface area (Å²) in [6, 6.07) is 21.4. The molecule has 182 valence electrons. The Balaban J connectivity index is 1.61. The molecule has 3 heterocycles. The van der Waals surface area contributed by atoms with E-state index in [0.29, 0.717) is 38.5 Å². The number of hydrogen-bond acceptors (Lipinski definition) is 6. The fraction of sp³-hybridized carbons (Fsp3) is 0.148. The third kappa shape index (κ3) is 4.29. The highest BCUT2D eigenvalue weighted by Gasteiger charge is 2.42. The number of ether oxygens (including phenoxy) is 2. The molecule has 0 unspecified atom stereocenters. The van der Waals surface area contributed by atoms with Crippen LogP contribution in [0.3, 0.4) is 0 Å². The number of carbonyl (C=O) groups excluding carboxylic acids is 1. The number of hydrogen-bond donors (Lipinski definition) is 1. The number of rotatable bonds is 6. The lowest BCUT2D eigenvalue weighted by molar-refractivity contribution is 0.0601. The maximum atomic E-state index is 12.3. The highest BCUT2D eigenvalue weighted by molar-refractivity contribution is 7.80. The zero-order valence-corrected chi connectivity index (χ0v) is 21.0. The molecule has 1 aliphatic rings. The summed E-state index contributed by atoms with van der Waals surface area (Å²) in [6.45, 7) is 0. The number of anilines is 1. The van der Waals surface area contributed by atoms with Crippen LogP contribution in [-0.2, 0) is 4.74 Å². The van der Waals surface area contributed by atoms with E-state index in [1.807, 2.05) is 53.4 Å². The van der Waals surface area contributed by atoms with E-state index >= 15 is 0 Å². The summed E-state index contributed by atoms with van der Waals surface area (Å²) >= 11 is 12.2. The van der Waals surface area contributed by atoms with Crippen LogP contribution in [0.5, 0.6) is 5.75 Å². The molecular weight excluding hydrogens is 498 g/mol. The summed E-state index contributed by atoms with van der Waals surface area (Å²) < 4.78 is 16.7. The summed E-state index contributed by atoms with van der Waals surface area (Å²) in [4.78, 5) is 18.9. The van der Waals surface area contributed by atoms with Gasteiger partial charge in [-0.3, -0.25) is 4.98 Å². The highest BCUT2D eigenvalue weighted by atomic mass is 35.5. The second kappa shape index (κ2) is 10.0. The molecule has 5 rings (SSSR count). The second-order valence-corrected chi connectivity index (χ2v) is 8.85. The van der Waals surface area contributed by atoms with Crippen LogP contribution in [0, 0.1) is 0 Å². The van der Waals surface area contributed by atoms with Crippen molar-refractivity contribution in [2.75, 3.05) is 19.1 Å². The number of pyridine rings is 1. The fourth-order valence-corrected chi connectivity index (χ4v) is 4.97. The van der Waals surface area contributed by atoms with E-state index in [4.69, 9.17) is 37.7 Å². The van der Waals surface area contributed by atoms with Gasteiger partial charge < -0.3 is 24.1 Å². The molecule has 1 aliphatic heterocycles. The summed E-state index contributed by atoms with van der Waals surface area (Å²) in [5, 5.41) is 4.36. The standard InChI is InChI=1S/C27H22ClN3O4S/c1-33-22-11-10-16(15-19(22)28)31-25(24(30-27(31)36)20-9-5-6-14-29-20)23-13-12-21(35-23)17-7-3-4-8-18(17)26(32)34-2/h3-15,24-25H,1-2H3,(H,30,36)/t24-,25-/m0/s1. The predicted octanol–water partition coefficient (Wildman–Crippen LogP) is 5.97. The van der Waals surface area contributed by atoms with Gasteiger partial charge in [0.15, 0.2) is 5.11 Å². The summed E-state index contributed by atoms with van der Waals surface area (Å²) in [7, 11) is 2.92. The van der Waals surface area contributed by atoms with Crippen molar-refractivity contribution in [3.8, 4) is 17.1 Å². The molecule has 0 radical (unpaired) electrons. The number of nitrogens with zero attached hydrogens (tertiary/aromatic N) is 2. The van der Waals surface area contributed by atoms with Crippen LogP contribution in [0.2, 0.25) is 5.02 Å². The second-order valence-electron chi connectivity index (χ2n) is 8.05. The van der Waals surface area contributed by atoms with Crippen LogP contribution in [0.4, 0.5) is 5.69 Å². The molecule has 2 aromatic carbocycles. The first-order valence-corrected chi connectivity index (χ1v) is 11.9. The first-order chi connectivity index (χ1) is 17.5. The molecule has 7 nitrogen and oxygen atoms in total. The monoisotopic (exact) mass is 519 g/mol. The van der Waals surface area contributed by atoms with E-state index in [-0.39, 0.29) is 12.1 Å². The van der Waals surface area contributed by atoms with E-state index in [2.05, 4.69) is 10.3 Å². The van der Waals surface area contributed by atoms with Crippen LogP contribution >= 0.6 is 23.8 Å². The van der Waals surface area contributed by atoms with Crippen molar-refractivity contribution in [3.63, 3.8) is 0 Å². The number of aromatic nitrogens is 1. The van der Waals surface area contributed by atoms with Crippen LogP contribution in [0.25, 0.3) is 11.3 Å². The Labute approximate surface area is 218 Å². The van der Waals surface area contributed by atoms with Gasteiger partial charge in [0.05, 0.1) is 36.5 Å². The van der Waals surface area contributed by atoms with Gasteiger partial charge in [-0.2, -0.15) is 0 Å². The average molecular weight is 520 g/mol. The molecule has 0 aliphatic carbocycles. The van der Waals surface area contributed by atoms with Gasteiger partial charge >= 0.3 is 5.97 Å². The molecule has 2 atom stereocenters. The number of thiocarbonyl (C=S) groups is 1. The van der Waals surface area contributed by atoms with E-state index in [1.165, 1.54) is 7.11 Å². The average Bonchev–Trinajstić information content (AvgIpc) is 3.53. The minimum absolute atomic E-state index is 0.297. The van der Waals surface area contributed by atoms with Gasteiger partial charge in [0.25, 0.3) is 0 Å². The Morgan fingerprint density at radius 2 is 1.89 bits per heavy atom. The van der Waals surface area contributed by atoms with Gasteiger partial charge in [0, 0.05) is 17.4 Å². The zero-order chi connectivity index (χ0) is 25.2. The van der Waals surface area contributed by atoms with Crippen molar-refractivity contribution in [2.24, 2.45) is 0 Å². The Kier molecular flexibility index (Phi) is 6.63. The zero-order valence-electron chi connectivity index (χ0n) is 19.5. The smallest absolute Gasteiger partial charge is 0.338 e. The Hall–Kier alpha value is -3.88. The molecule has 36 heavy (non-hydrogen) atoms. The predicted molar refractivity (Wildman–Crippen MR) is 141 cm³/mol. The molecule has 0 bridgehead atoms. The molecule has 0 spiro atoms. The van der Waals surface area contributed by atoms with E-state index in [1.54, 1.807) is 37.6 Å². The summed E-state index contributed by atoms with van der Waals surface area (Å²) in [5.74, 6) is 1.31. The Morgan fingerprint density at radius 1 is 1.08 bits per heavy atom. The number of halogens is 1. The molecule has 0 amide bonds. The van der Waals surface area contributed by atoms with Crippen LogP contribution in [0.15, 0.2) is 83.4 Å². The lowest BCUT2D eigenvalue weighted by atomic mass is 10.0. The van der Waals surface area contributed by atoms with Crippen molar-refractivity contribution in [2.45, 2.75) is 12.1 Å². The highest BCUT2D eigenvalue weighted by Crippen LogP contribution is 2.44. The Bertz CT molecular complexity index is 1430. The largest absolute Gasteiger partial charge is 0.495 e. The first-order valence-electron chi connectivity index (χ1n) is 11.1. The molecule has 1 N–H and O–H groups in total. The van der Waals surface area contributed by atoms with Crippen molar-refractivity contribution >= 4 is 40.6 Å². The number of benzene rings is 2. The third-order valence-electron chi connectivity index (χ3n) is 6.03. The van der Waals surface area contributed by atoms with E-state index < -0.39 is 5.97 Å². The molecule has 0 saturated carbocycles. The SMILES string of the molecule is COC(=O)c1ccccc1-c1ccc([C@H]2[C@H](c3ccccn3)NC(=S)N2c2ccc(OC)c(Cl)c2)o1. The Morgan fingerprint density at radius 3 is 2.61 bits per heavy atom. The van der Waals surface area contributed by atoms with Gasteiger partial charge in [-0.05, 0) is 60.7 Å². The first kappa shape index (κ1) is 23.8. The van der Waals surface area contributed by atoms with Crippen LogP contribution in [0.1, 0.15) is 33.9 Å². The van der Waals surface area contributed by atoms with Gasteiger partial charge in [-0.25, -0.2) is 4.79 Å². The lowest BCUT2D eigenvalue weighted by Crippen LogP contribution is -2.29. The maximum Gasteiger partial charge on any atom is 0.338 e. The number of furan rings is 1. The molecule has 4 aromatic rings. The van der Waals surface area contributed by atoms with Crippen molar-refractivity contribution in [1.29, 1.82) is 0 Å². The van der Waals surface area contributed by atoms with Crippen molar-refractivity contribution < 1.29 is 18.7 Å². The molecule has 1 saturated heterocycles. The summed E-state index contributed by atoms with van der Waals surface area (Å²) in [6.07, 6.45) is 1.74. The number of nitrogens with one attached hydrogen (secondary N) is 1. The number of methoxy groups -OCH3 is 2. The quantitative estimate of drug-likeness (QED) is 0.247. The van der Waals surface area contributed by atoms with Crippen molar-refractivity contribution in [1.82, 2.24) is 10.3 Å². The lowest BCUT2D eigenvalue weighted by Gasteiger charge is -2.26. The molecule has 2 aromatic heterocycles. The van der Waals surface area contributed by atoms with Crippen LogP contribution in [-0.4, -0.2) is 30.3 Å². The van der Waals surface area contributed by atoms with E-state index in [9.17, 15) is 4.79 Å².